The van der Waals surface area contributed by atoms with Gasteiger partial charge in [-0.05, 0) is 37.8 Å². The van der Waals surface area contributed by atoms with Gasteiger partial charge in [-0.1, -0.05) is 12.8 Å². The Balaban J connectivity index is 1.42. The molecule has 1 aliphatic heterocycles. The first-order valence-corrected chi connectivity index (χ1v) is 8.65. The topological polar surface area (TPSA) is 79.9 Å². The molecular formula is C18H22N4O2. The predicted molar refractivity (Wildman–Crippen MR) is 90.3 cm³/mol. The summed E-state index contributed by atoms with van der Waals surface area (Å²) in [5.41, 5.74) is 1.81. The third-order valence-electron chi connectivity index (χ3n) is 5.20. The molecule has 1 atom stereocenters. The number of anilines is 1. The van der Waals surface area contributed by atoms with Crippen molar-refractivity contribution >= 4 is 11.7 Å². The summed E-state index contributed by atoms with van der Waals surface area (Å²) >= 11 is 0. The van der Waals surface area contributed by atoms with Gasteiger partial charge in [0.15, 0.2) is 5.82 Å². The van der Waals surface area contributed by atoms with Crippen molar-refractivity contribution < 1.29 is 9.53 Å². The van der Waals surface area contributed by atoms with E-state index in [0.29, 0.717) is 12.4 Å². The summed E-state index contributed by atoms with van der Waals surface area (Å²) in [6.45, 7) is 0.681. The van der Waals surface area contributed by atoms with Gasteiger partial charge in [0.25, 0.3) is 0 Å². The van der Waals surface area contributed by atoms with Crippen LogP contribution in [0.3, 0.4) is 0 Å². The molecule has 1 amide bonds. The number of nitrogens with zero attached hydrogens (tertiary/aromatic N) is 2. The molecule has 0 aromatic carbocycles. The fourth-order valence-corrected chi connectivity index (χ4v) is 3.91. The van der Waals surface area contributed by atoms with Gasteiger partial charge in [-0.2, -0.15) is 5.10 Å². The van der Waals surface area contributed by atoms with Crippen LogP contribution in [0, 0.1) is 5.92 Å². The Bertz CT molecular complexity index is 707. The lowest BCUT2D eigenvalue weighted by Gasteiger charge is -2.37. The highest BCUT2D eigenvalue weighted by Crippen LogP contribution is 2.42. The Morgan fingerprint density at radius 3 is 2.88 bits per heavy atom. The van der Waals surface area contributed by atoms with Crippen LogP contribution in [0.1, 0.15) is 38.5 Å². The van der Waals surface area contributed by atoms with Gasteiger partial charge in [0, 0.05) is 36.5 Å². The van der Waals surface area contributed by atoms with E-state index in [9.17, 15) is 4.79 Å². The fourth-order valence-electron chi connectivity index (χ4n) is 3.91. The molecule has 2 aromatic rings. The summed E-state index contributed by atoms with van der Waals surface area (Å²) in [5, 5.41) is 10.1. The van der Waals surface area contributed by atoms with Crippen LogP contribution in [-0.4, -0.2) is 33.3 Å². The average Bonchev–Trinajstić information content (AvgIpc) is 3.26. The Kier molecular flexibility index (Phi) is 4.06. The minimum Gasteiger partial charge on any atom is -0.375 e. The average molecular weight is 326 g/mol. The lowest BCUT2D eigenvalue weighted by molar-refractivity contribution is -0.133. The maximum Gasteiger partial charge on any atom is 0.228 e. The van der Waals surface area contributed by atoms with Crippen LogP contribution in [0.25, 0.3) is 11.3 Å². The summed E-state index contributed by atoms with van der Waals surface area (Å²) in [4.78, 5) is 16.6. The fraction of sp³-hybridized carbons (Fsp3) is 0.500. The van der Waals surface area contributed by atoms with Gasteiger partial charge in [-0.15, -0.1) is 0 Å². The zero-order valence-corrected chi connectivity index (χ0v) is 13.6. The van der Waals surface area contributed by atoms with Crippen LogP contribution in [0.5, 0.6) is 0 Å². The molecule has 2 aliphatic rings. The lowest BCUT2D eigenvalue weighted by Crippen LogP contribution is -2.41. The van der Waals surface area contributed by atoms with E-state index < -0.39 is 0 Å². The molecule has 126 valence electrons. The zero-order chi connectivity index (χ0) is 16.4. The molecule has 2 fully saturated rings. The second-order valence-electron chi connectivity index (χ2n) is 6.82. The number of carbonyl (C=O) groups excluding carboxylic acids is 1. The van der Waals surface area contributed by atoms with Gasteiger partial charge in [0.1, 0.15) is 0 Å². The molecule has 2 N–H and O–H groups in total. The van der Waals surface area contributed by atoms with Crippen molar-refractivity contribution in [3.63, 3.8) is 0 Å². The van der Waals surface area contributed by atoms with Crippen LogP contribution < -0.4 is 5.32 Å². The van der Waals surface area contributed by atoms with Crippen LogP contribution in [0.4, 0.5) is 5.82 Å². The summed E-state index contributed by atoms with van der Waals surface area (Å²) in [5.74, 6) is 0.633. The number of aromatic nitrogens is 3. The number of hydrogen-bond donors (Lipinski definition) is 2. The maximum absolute atomic E-state index is 12.6. The van der Waals surface area contributed by atoms with Crippen molar-refractivity contribution in [1.82, 2.24) is 15.2 Å². The standard InChI is InChI=1S/C18H22N4O2/c23-17(14-5-10-24-18(12-14)6-1-2-7-18)20-16-11-15(21-22-16)13-3-8-19-9-4-13/h3-4,8-9,11,14H,1-2,5-7,10,12H2,(H2,20,21,22,23). The van der Waals surface area contributed by atoms with Gasteiger partial charge in [0.05, 0.1) is 11.3 Å². The molecule has 3 heterocycles. The number of hydrogen-bond acceptors (Lipinski definition) is 4. The van der Waals surface area contributed by atoms with Crippen molar-refractivity contribution in [3.8, 4) is 11.3 Å². The molecule has 6 heteroatoms. The van der Waals surface area contributed by atoms with Crippen LogP contribution in [0.15, 0.2) is 30.6 Å². The number of aromatic amines is 1. The summed E-state index contributed by atoms with van der Waals surface area (Å²) in [7, 11) is 0. The monoisotopic (exact) mass is 326 g/mol. The number of pyridine rings is 1. The first kappa shape index (κ1) is 15.3. The van der Waals surface area contributed by atoms with Gasteiger partial charge >= 0.3 is 0 Å². The molecule has 4 rings (SSSR count). The van der Waals surface area contributed by atoms with Crippen LogP contribution in [-0.2, 0) is 9.53 Å². The molecule has 2 aromatic heterocycles. The molecule has 1 saturated carbocycles. The number of rotatable bonds is 3. The Labute approximate surface area is 141 Å². The first-order chi connectivity index (χ1) is 11.7. The predicted octanol–water partition coefficient (Wildman–Crippen LogP) is 3.15. The van der Waals surface area contributed by atoms with Gasteiger partial charge in [-0.25, -0.2) is 0 Å². The van der Waals surface area contributed by atoms with E-state index in [0.717, 1.165) is 36.9 Å². The maximum atomic E-state index is 12.6. The summed E-state index contributed by atoms with van der Waals surface area (Å²) in [6, 6.07) is 5.67. The smallest absolute Gasteiger partial charge is 0.228 e. The van der Waals surface area contributed by atoms with E-state index in [2.05, 4.69) is 20.5 Å². The third-order valence-corrected chi connectivity index (χ3v) is 5.20. The second kappa shape index (κ2) is 6.36. The van der Waals surface area contributed by atoms with E-state index in [4.69, 9.17) is 4.74 Å². The number of carbonyl (C=O) groups is 1. The SMILES string of the molecule is O=C(Nc1cc(-c2ccncc2)[nH]n1)C1CCOC2(CCCC2)C1. The highest BCUT2D eigenvalue weighted by molar-refractivity contribution is 5.92. The zero-order valence-electron chi connectivity index (χ0n) is 13.6. The number of amides is 1. The van der Waals surface area contributed by atoms with Gasteiger partial charge < -0.3 is 10.1 Å². The molecular weight excluding hydrogens is 304 g/mol. The van der Waals surface area contributed by atoms with Crippen molar-refractivity contribution in [2.75, 3.05) is 11.9 Å². The molecule has 6 nitrogen and oxygen atoms in total. The Morgan fingerprint density at radius 2 is 2.08 bits per heavy atom. The molecule has 0 radical (unpaired) electrons. The van der Waals surface area contributed by atoms with E-state index in [-0.39, 0.29) is 17.4 Å². The quantitative estimate of drug-likeness (QED) is 0.908. The molecule has 0 bridgehead atoms. The van der Waals surface area contributed by atoms with Crippen LogP contribution >= 0.6 is 0 Å². The summed E-state index contributed by atoms with van der Waals surface area (Å²) < 4.78 is 6.01. The third kappa shape index (κ3) is 3.06. The number of nitrogens with one attached hydrogen (secondary N) is 2. The van der Waals surface area contributed by atoms with Crippen molar-refractivity contribution in [3.05, 3.63) is 30.6 Å². The van der Waals surface area contributed by atoms with E-state index >= 15 is 0 Å². The van der Waals surface area contributed by atoms with Crippen LogP contribution in [0.2, 0.25) is 0 Å². The van der Waals surface area contributed by atoms with E-state index in [1.165, 1.54) is 12.8 Å². The lowest BCUT2D eigenvalue weighted by atomic mass is 9.84. The van der Waals surface area contributed by atoms with E-state index in [1.54, 1.807) is 12.4 Å². The molecule has 1 saturated heterocycles. The first-order valence-electron chi connectivity index (χ1n) is 8.65. The molecule has 24 heavy (non-hydrogen) atoms. The Hall–Kier alpha value is -2.21. The highest BCUT2D eigenvalue weighted by Gasteiger charge is 2.42. The largest absolute Gasteiger partial charge is 0.375 e. The van der Waals surface area contributed by atoms with Crippen molar-refractivity contribution in [2.24, 2.45) is 5.92 Å². The molecule has 1 unspecified atom stereocenters. The van der Waals surface area contributed by atoms with E-state index in [1.807, 2.05) is 18.2 Å². The normalized spacial score (nSPS) is 22.6. The van der Waals surface area contributed by atoms with Crippen molar-refractivity contribution in [2.45, 2.75) is 44.1 Å². The summed E-state index contributed by atoms with van der Waals surface area (Å²) in [6.07, 6.45) is 9.69. The second-order valence-corrected chi connectivity index (χ2v) is 6.82. The number of H-pyrrole nitrogens is 1. The van der Waals surface area contributed by atoms with Gasteiger partial charge in [0.2, 0.25) is 5.91 Å². The Morgan fingerprint density at radius 1 is 1.29 bits per heavy atom. The van der Waals surface area contributed by atoms with Crippen molar-refractivity contribution in [1.29, 1.82) is 0 Å². The van der Waals surface area contributed by atoms with Gasteiger partial charge in [-0.3, -0.25) is 14.9 Å². The molecule has 1 spiro atoms. The molecule has 1 aliphatic carbocycles. The number of ether oxygens (including phenoxy) is 1. The minimum absolute atomic E-state index is 0.0120. The minimum atomic E-state index is -0.0476. The highest BCUT2D eigenvalue weighted by atomic mass is 16.5.